The molecule has 18 heavy (non-hydrogen) atoms. The zero-order chi connectivity index (χ0) is 13.1. The smallest absolute Gasteiger partial charge is 0.292 e. The second kappa shape index (κ2) is 5.01. The van der Waals surface area contributed by atoms with E-state index in [4.69, 9.17) is 10.5 Å². The van der Waals surface area contributed by atoms with Crippen LogP contribution in [-0.4, -0.2) is 9.91 Å². The highest BCUT2D eigenvalue weighted by atomic mass is 79.9. The third kappa shape index (κ3) is 2.75. The number of nitro benzene ring substituents is 1. The largest absolute Gasteiger partial charge is 0.456 e. The number of pyridine rings is 1. The minimum absolute atomic E-state index is 0.0560. The predicted octanol–water partition coefficient (Wildman–Crippen LogP) is 3.13. The summed E-state index contributed by atoms with van der Waals surface area (Å²) in [6, 6.07) is 5.91. The van der Waals surface area contributed by atoms with Crippen molar-refractivity contribution in [1.29, 1.82) is 0 Å². The zero-order valence-electron chi connectivity index (χ0n) is 9.04. The third-order valence-corrected chi connectivity index (χ3v) is 2.54. The summed E-state index contributed by atoms with van der Waals surface area (Å²) < 4.78 is 6.25. The van der Waals surface area contributed by atoms with E-state index >= 15 is 0 Å². The van der Waals surface area contributed by atoms with Crippen LogP contribution in [0.25, 0.3) is 0 Å². The number of aromatic nitrogens is 1. The van der Waals surface area contributed by atoms with Crippen LogP contribution in [0.5, 0.6) is 11.5 Å². The number of anilines is 1. The lowest BCUT2D eigenvalue weighted by molar-refractivity contribution is -0.383. The first-order valence-corrected chi connectivity index (χ1v) is 5.68. The minimum Gasteiger partial charge on any atom is -0.456 e. The molecule has 0 saturated carbocycles. The molecule has 0 radical (unpaired) electrons. The fourth-order valence-electron chi connectivity index (χ4n) is 1.35. The Kier molecular flexibility index (Phi) is 3.42. The second-order valence-electron chi connectivity index (χ2n) is 3.42. The molecule has 2 aromatic rings. The maximum absolute atomic E-state index is 10.6. The number of nitrogen functional groups attached to an aromatic ring is 1. The van der Waals surface area contributed by atoms with Crippen molar-refractivity contribution in [2.24, 2.45) is 0 Å². The molecule has 0 bridgehead atoms. The van der Waals surface area contributed by atoms with Crippen LogP contribution in [0.4, 0.5) is 11.4 Å². The molecule has 6 nitrogen and oxygen atoms in total. The van der Waals surface area contributed by atoms with Crippen molar-refractivity contribution < 1.29 is 9.66 Å². The molecule has 92 valence electrons. The number of nitrogens with zero attached hydrogens (tertiary/aromatic N) is 2. The van der Waals surface area contributed by atoms with Gasteiger partial charge >= 0.3 is 0 Å². The number of rotatable bonds is 3. The Labute approximate surface area is 111 Å². The molecule has 0 saturated heterocycles. The zero-order valence-corrected chi connectivity index (χ0v) is 10.6. The Bertz CT molecular complexity index is 604. The molecule has 0 spiro atoms. The number of hydrogen-bond acceptors (Lipinski definition) is 5. The van der Waals surface area contributed by atoms with Gasteiger partial charge in [0.1, 0.15) is 17.2 Å². The first kappa shape index (κ1) is 12.3. The molecule has 0 amide bonds. The van der Waals surface area contributed by atoms with Crippen molar-refractivity contribution >= 4 is 27.3 Å². The average molecular weight is 310 g/mol. The van der Waals surface area contributed by atoms with Crippen molar-refractivity contribution in [3.63, 3.8) is 0 Å². The molecule has 1 aromatic carbocycles. The van der Waals surface area contributed by atoms with E-state index in [1.807, 2.05) is 0 Å². The van der Waals surface area contributed by atoms with E-state index < -0.39 is 4.92 Å². The number of nitrogens with two attached hydrogens (primary N) is 1. The van der Waals surface area contributed by atoms with Crippen molar-refractivity contribution in [3.05, 3.63) is 51.2 Å². The van der Waals surface area contributed by atoms with E-state index in [9.17, 15) is 10.1 Å². The summed E-state index contributed by atoms with van der Waals surface area (Å²) in [5.41, 5.74) is 5.47. The van der Waals surface area contributed by atoms with Crippen LogP contribution in [0.1, 0.15) is 0 Å². The highest BCUT2D eigenvalue weighted by Crippen LogP contribution is 2.29. The normalized spacial score (nSPS) is 10.1. The molecule has 2 rings (SSSR count). The van der Waals surface area contributed by atoms with E-state index in [0.29, 0.717) is 11.5 Å². The molecule has 2 N–H and O–H groups in total. The van der Waals surface area contributed by atoms with Gasteiger partial charge in [0.2, 0.25) is 0 Å². The van der Waals surface area contributed by atoms with E-state index in [2.05, 4.69) is 20.9 Å². The third-order valence-electron chi connectivity index (χ3n) is 2.11. The van der Waals surface area contributed by atoms with Crippen molar-refractivity contribution in [3.8, 4) is 11.5 Å². The Morgan fingerprint density at radius 1 is 1.28 bits per heavy atom. The molecule has 0 atom stereocenters. The molecular weight excluding hydrogens is 302 g/mol. The van der Waals surface area contributed by atoms with E-state index in [-0.39, 0.29) is 11.4 Å². The summed E-state index contributed by atoms with van der Waals surface area (Å²) >= 11 is 3.26. The number of ether oxygens (including phenoxy) is 1. The monoisotopic (exact) mass is 309 g/mol. The standard InChI is InChI=1S/C11H8BrN3O3/c12-7-3-9(6-14-5-7)18-8-1-2-11(15(16)17)10(13)4-8/h1-6H,13H2. The lowest BCUT2D eigenvalue weighted by Gasteiger charge is -2.06. The lowest BCUT2D eigenvalue weighted by atomic mass is 10.2. The fraction of sp³-hybridized carbons (Fsp3) is 0. The molecular formula is C11H8BrN3O3. The van der Waals surface area contributed by atoms with Gasteiger partial charge in [0, 0.05) is 22.8 Å². The molecule has 0 aliphatic carbocycles. The Morgan fingerprint density at radius 2 is 2.06 bits per heavy atom. The van der Waals surface area contributed by atoms with Crippen LogP contribution in [-0.2, 0) is 0 Å². The van der Waals surface area contributed by atoms with Gasteiger partial charge in [0.25, 0.3) is 5.69 Å². The summed E-state index contributed by atoms with van der Waals surface area (Å²) in [7, 11) is 0. The van der Waals surface area contributed by atoms with Crippen LogP contribution >= 0.6 is 15.9 Å². The molecule has 0 aliphatic rings. The molecule has 0 fully saturated rings. The fourth-order valence-corrected chi connectivity index (χ4v) is 1.69. The van der Waals surface area contributed by atoms with Gasteiger partial charge in [-0.2, -0.15) is 0 Å². The van der Waals surface area contributed by atoms with Crippen molar-refractivity contribution in [2.75, 3.05) is 5.73 Å². The first-order valence-electron chi connectivity index (χ1n) is 4.88. The first-order chi connectivity index (χ1) is 8.56. The molecule has 0 unspecified atom stereocenters. The van der Waals surface area contributed by atoms with Gasteiger partial charge in [0.15, 0.2) is 0 Å². The summed E-state index contributed by atoms with van der Waals surface area (Å²) in [5, 5.41) is 10.6. The Morgan fingerprint density at radius 3 is 2.67 bits per heavy atom. The van der Waals surface area contributed by atoms with Gasteiger partial charge in [-0.1, -0.05) is 0 Å². The number of halogens is 1. The highest BCUT2D eigenvalue weighted by molar-refractivity contribution is 9.10. The van der Waals surface area contributed by atoms with Crippen LogP contribution in [0, 0.1) is 10.1 Å². The maximum atomic E-state index is 10.6. The van der Waals surface area contributed by atoms with Crippen LogP contribution in [0.15, 0.2) is 41.1 Å². The van der Waals surface area contributed by atoms with Gasteiger partial charge < -0.3 is 10.5 Å². The average Bonchev–Trinajstić information content (AvgIpc) is 2.28. The van der Waals surface area contributed by atoms with Crippen LogP contribution in [0.2, 0.25) is 0 Å². The van der Waals surface area contributed by atoms with Gasteiger partial charge in [-0.3, -0.25) is 15.1 Å². The van der Waals surface area contributed by atoms with Gasteiger partial charge in [-0.15, -0.1) is 0 Å². The van der Waals surface area contributed by atoms with Gasteiger partial charge in [-0.25, -0.2) is 0 Å². The summed E-state index contributed by atoms with van der Waals surface area (Å²) in [6.07, 6.45) is 3.15. The Hall–Kier alpha value is -2.15. The van der Waals surface area contributed by atoms with E-state index in [1.54, 1.807) is 12.3 Å². The number of hydrogen-bond donors (Lipinski definition) is 1. The van der Waals surface area contributed by atoms with Gasteiger partial charge in [0.05, 0.1) is 11.1 Å². The number of nitro groups is 1. The lowest BCUT2D eigenvalue weighted by Crippen LogP contribution is -1.96. The van der Waals surface area contributed by atoms with Crippen molar-refractivity contribution in [1.82, 2.24) is 4.98 Å². The summed E-state index contributed by atoms with van der Waals surface area (Å²) in [5.74, 6) is 0.927. The van der Waals surface area contributed by atoms with E-state index in [1.165, 1.54) is 24.4 Å². The molecule has 0 aliphatic heterocycles. The Balaban J connectivity index is 2.25. The van der Waals surface area contributed by atoms with Gasteiger partial charge in [-0.05, 0) is 28.1 Å². The SMILES string of the molecule is Nc1cc(Oc2cncc(Br)c2)ccc1[N+](=O)[O-]. The van der Waals surface area contributed by atoms with Crippen LogP contribution < -0.4 is 10.5 Å². The molecule has 1 heterocycles. The topological polar surface area (TPSA) is 91.3 Å². The minimum atomic E-state index is -0.542. The van der Waals surface area contributed by atoms with Crippen molar-refractivity contribution in [2.45, 2.75) is 0 Å². The molecule has 1 aromatic heterocycles. The highest BCUT2D eigenvalue weighted by Gasteiger charge is 2.12. The van der Waals surface area contributed by atoms with E-state index in [0.717, 1.165) is 4.47 Å². The maximum Gasteiger partial charge on any atom is 0.292 e. The van der Waals surface area contributed by atoms with Crippen LogP contribution in [0.3, 0.4) is 0 Å². The second-order valence-corrected chi connectivity index (χ2v) is 4.33. The summed E-state index contributed by atoms with van der Waals surface area (Å²) in [6.45, 7) is 0. The molecule has 7 heteroatoms. The quantitative estimate of drug-likeness (QED) is 0.534. The summed E-state index contributed by atoms with van der Waals surface area (Å²) in [4.78, 5) is 14.0. The predicted molar refractivity (Wildman–Crippen MR) is 69.5 cm³/mol. The number of benzene rings is 1.